The maximum Gasteiger partial charge on any atom is 0.213 e. The first kappa shape index (κ1) is 14.5. The Morgan fingerprint density at radius 1 is 1.15 bits per heavy atom. The van der Waals surface area contributed by atoms with E-state index < -0.39 is 0 Å². The number of nitrogens with one attached hydrogen (secondary N) is 1. The second-order valence-electron chi connectivity index (χ2n) is 5.15. The number of ether oxygens (including phenoxy) is 1. The summed E-state index contributed by atoms with van der Waals surface area (Å²) < 4.78 is 5.14. The topological polar surface area (TPSA) is 34.1 Å². The molecule has 2 rings (SSSR count). The fourth-order valence-electron chi connectivity index (χ4n) is 2.09. The van der Waals surface area contributed by atoms with Gasteiger partial charge in [0.25, 0.3) is 0 Å². The molecular weight excluding hydrogens is 248 g/mol. The van der Waals surface area contributed by atoms with Crippen LogP contribution in [-0.4, -0.2) is 12.1 Å². The Kier molecular flexibility index (Phi) is 4.74. The highest BCUT2D eigenvalue weighted by Gasteiger charge is 2.06. The molecule has 3 nitrogen and oxygen atoms in total. The summed E-state index contributed by atoms with van der Waals surface area (Å²) in [7, 11) is 1.64. The third-order valence-electron chi connectivity index (χ3n) is 3.65. The Morgan fingerprint density at radius 3 is 2.65 bits per heavy atom. The molecule has 20 heavy (non-hydrogen) atoms. The van der Waals surface area contributed by atoms with E-state index in [1.165, 1.54) is 22.3 Å². The van der Waals surface area contributed by atoms with Crippen molar-refractivity contribution < 1.29 is 4.74 Å². The molecule has 1 N–H and O–H groups in total. The first-order chi connectivity index (χ1) is 9.60. The predicted molar refractivity (Wildman–Crippen MR) is 82.0 cm³/mol. The standard InChI is InChI=1S/C17H22N2O/c1-12-5-6-16(9-13(12)2)14(3)19-11-15-7-8-18-17(10-15)20-4/h5-10,14,19H,11H2,1-4H3. The lowest BCUT2D eigenvalue weighted by Crippen LogP contribution is -2.18. The maximum atomic E-state index is 5.14. The number of aryl methyl sites for hydroxylation is 2. The van der Waals surface area contributed by atoms with Gasteiger partial charge in [0.15, 0.2) is 0 Å². The number of hydrogen-bond donors (Lipinski definition) is 1. The second-order valence-corrected chi connectivity index (χ2v) is 5.15. The van der Waals surface area contributed by atoms with Crippen LogP contribution in [0.15, 0.2) is 36.5 Å². The van der Waals surface area contributed by atoms with Crippen LogP contribution in [0.1, 0.15) is 35.2 Å². The molecule has 2 aromatic rings. The normalized spacial score (nSPS) is 12.2. The van der Waals surface area contributed by atoms with Gasteiger partial charge >= 0.3 is 0 Å². The zero-order valence-corrected chi connectivity index (χ0v) is 12.6. The summed E-state index contributed by atoms with van der Waals surface area (Å²) in [6.45, 7) is 7.27. The van der Waals surface area contributed by atoms with Gasteiger partial charge in [-0.05, 0) is 49.1 Å². The van der Waals surface area contributed by atoms with Crippen LogP contribution in [0.5, 0.6) is 5.88 Å². The molecule has 0 aliphatic rings. The van der Waals surface area contributed by atoms with Crippen molar-refractivity contribution in [3.8, 4) is 5.88 Å². The molecule has 0 amide bonds. The lowest BCUT2D eigenvalue weighted by molar-refractivity contribution is 0.397. The SMILES string of the molecule is COc1cc(CNC(C)c2ccc(C)c(C)c2)ccn1. The summed E-state index contributed by atoms with van der Waals surface area (Å²) in [6, 6.07) is 10.9. The number of rotatable bonds is 5. The fourth-order valence-corrected chi connectivity index (χ4v) is 2.09. The first-order valence-electron chi connectivity index (χ1n) is 6.89. The van der Waals surface area contributed by atoms with Crippen molar-refractivity contribution in [2.45, 2.75) is 33.4 Å². The van der Waals surface area contributed by atoms with E-state index >= 15 is 0 Å². The van der Waals surface area contributed by atoms with Crippen LogP contribution in [-0.2, 0) is 6.54 Å². The minimum Gasteiger partial charge on any atom is -0.481 e. The number of benzene rings is 1. The third kappa shape index (κ3) is 3.58. The molecule has 0 bridgehead atoms. The van der Waals surface area contributed by atoms with Crippen molar-refractivity contribution in [3.05, 3.63) is 58.8 Å². The average molecular weight is 270 g/mol. The molecule has 1 aromatic heterocycles. The molecule has 1 heterocycles. The average Bonchev–Trinajstić information content (AvgIpc) is 2.47. The Bertz CT molecular complexity index is 581. The zero-order chi connectivity index (χ0) is 14.5. The highest BCUT2D eigenvalue weighted by Crippen LogP contribution is 2.17. The predicted octanol–water partition coefficient (Wildman–Crippen LogP) is 3.56. The Labute approximate surface area is 121 Å². The van der Waals surface area contributed by atoms with Gasteiger partial charge in [-0.1, -0.05) is 18.2 Å². The Hall–Kier alpha value is -1.87. The van der Waals surface area contributed by atoms with Gasteiger partial charge in [0.05, 0.1) is 7.11 Å². The maximum absolute atomic E-state index is 5.14. The molecule has 0 aliphatic heterocycles. The van der Waals surface area contributed by atoms with E-state index in [9.17, 15) is 0 Å². The van der Waals surface area contributed by atoms with Crippen LogP contribution in [0.4, 0.5) is 0 Å². The molecular formula is C17H22N2O. The van der Waals surface area contributed by atoms with E-state index in [1.807, 2.05) is 12.1 Å². The Morgan fingerprint density at radius 2 is 1.95 bits per heavy atom. The van der Waals surface area contributed by atoms with E-state index in [1.54, 1.807) is 13.3 Å². The Balaban J connectivity index is 2.00. The third-order valence-corrected chi connectivity index (χ3v) is 3.65. The van der Waals surface area contributed by atoms with Gasteiger partial charge in [0, 0.05) is 24.8 Å². The monoisotopic (exact) mass is 270 g/mol. The number of aromatic nitrogens is 1. The zero-order valence-electron chi connectivity index (χ0n) is 12.6. The number of pyridine rings is 1. The van der Waals surface area contributed by atoms with Gasteiger partial charge in [-0.2, -0.15) is 0 Å². The van der Waals surface area contributed by atoms with E-state index in [2.05, 4.69) is 49.3 Å². The van der Waals surface area contributed by atoms with Crippen LogP contribution in [0.25, 0.3) is 0 Å². The molecule has 0 fully saturated rings. The molecule has 1 unspecified atom stereocenters. The number of methoxy groups -OCH3 is 1. The minimum atomic E-state index is 0.313. The molecule has 1 aromatic carbocycles. The van der Waals surface area contributed by atoms with E-state index in [0.717, 1.165) is 6.54 Å². The van der Waals surface area contributed by atoms with Gasteiger partial charge in [-0.25, -0.2) is 4.98 Å². The summed E-state index contributed by atoms with van der Waals surface area (Å²) in [4.78, 5) is 4.11. The lowest BCUT2D eigenvalue weighted by Gasteiger charge is -2.16. The fraction of sp³-hybridized carbons (Fsp3) is 0.353. The summed E-state index contributed by atoms with van der Waals surface area (Å²) in [5.74, 6) is 0.656. The van der Waals surface area contributed by atoms with Crippen LogP contribution in [0.2, 0.25) is 0 Å². The van der Waals surface area contributed by atoms with E-state index in [-0.39, 0.29) is 0 Å². The van der Waals surface area contributed by atoms with Crippen molar-refractivity contribution in [3.63, 3.8) is 0 Å². The number of nitrogens with zero attached hydrogens (tertiary/aromatic N) is 1. The van der Waals surface area contributed by atoms with Crippen molar-refractivity contribution in [1.82, 2.24) is 10.3 Å². The van der Waals surface area contributed by atoms with Crippen molar-refractivity contribution >= 4 is 0 Å². The summed E-state index contributed by atoms with van der Waals surface area (Å²) in [5, 5.41) is 3.53. The lowest BCUT2D eigenvalue weighted by atomic mass is 10.0. The number of hydrogen-bond acceptors (Lipinski definition) is 3. The summed E-state index contributed by atoms with van der Waals surface area (Å²) >= 11 is 0. The molecule has 0 saturated heterocycles. The van der Waals surface area contributed by atoms with Crippen LogP contribution in [0, 0.1) is 13.8 Å². The van der Waals surface area contributed by atoms with Gasteiger partial charge in [-0.15, -0.1) is 0 Å². The molecule has 1 atom stereocenters. The molecule has 0 radical (unpaired) electrons. The van der Waals surface area contributed by atoms with Crippen molar-refractivity contribution in [1.29, 1.82) is 0 Å². The van der Waals surface area contributed by atoms with Gasteiger partial charge in [0.1, 0.15) is 0 Å². The first-order valence-corrected chi connectivity index (χ1v) is 6.89. The van der Waals surface area contributed by atoms with Gasteiger partial charge < -0.3 is 10.1 Å². The molecule has 3 heteroatoms. The quantitative estimate of drug-likeness (QED) is 0.902. The molecule has 0 spiro atoms. The molecule has 106 valence electrons. The summed E-state index contributed by atoms with van der Waals surface area (Å²) in [6.07, 6.45) is 1.77. The van der Waals surface area contributed by atoms with E-state index in [4.69, 9.17) is 4.74 Å². The second kappa shape index (κ2) is 6.53. The highest BCUT2D eigenvalue weighted by atomic mass is 16.5. The van der Waals surface area contributed by atoms with Gasteiger partial charge in [-0.3, -0.25) is 0 Å². The molecule has 0 aliphatic carbocycles. The molecule has 0 saturated carbocycles. The highest BCUT2D eigenvalue weighted by molar-refractivity contribution is 5.31. The van der Waals surface area contributed by atoms with Gasteiger partial charge in [0.2, 0.25) is 5.88 Å². The van der Waals surface area contributed by atoms with Crippen molar-refractivity contribution in [2.24, 2.45) is 0 Å². The van der Waals surface area contributed by atoms with Crippen molar-refractivity contribution in [2.75, 3.05) is 7.11 Å². The van der Waals surface area contributed by atoms with Crippen LogP contribution in [0.3, 0.4) is 0 Å². The minimum absolute atomic E-state index is 0.313. The summed E-state index contributed by atoms with van der Waals surface area (Å²) in [5.41, 5.74) is 5.16. The van der Waals surface area contributed by atoms with Crippen LogP contribution >= 0.6 is 0 Å². The smallest absolute Gasteiger partial charge is 0.213 e. The van der Waals surface area contributed by atoms with Crippen LogP contribution < -0.4 is 10.1 Å². The largest absolute Gasteiger partial charge is 0.481 e. The van der Waals surface area contributed by atoms with E-state index in [0.29, 0.717) is 11.9 Å².